The van der Waals surface area contributed by atoms with Gasteiger partial charge in [0.2, 0.25) is 0 Å². The Balaban J connectivity index is 1.73. The first kappa shape index (κ1) is 24.0. The maximum atomic E-state index is 12.6. The van der Waals surface area contributed by atoms with Gasteiger partial charge in [0.05, 0.1) is 38.8 Å². The van der Waals surface area contributed by atoms with E-state index >= 15 is 0 Å². The van der Waals surface area contributed by atoms with Crippen molar-refractivity contribution in [1.29, 1.82) is 0 Å². The number of aliphatic hydroxyl groups is 1. The minimum absolute atomic E-state index is 0.175. The highest BCUT2D eigenvalue weighted by atomic mass is 31.2. The number of hydrogen-bond donors (Lipinski definition) is 2. The van der Waals surface area contributed by atoms with E-state index in [4.69, 9.17) is 13.8 Å². The minimum Gasteiger partial charge on any atom is -0.394 e. The Morgan fingerprint density at radius 2 is 1.88 bits per heavy atom. The number of aromatic nitrogens is 4. The second kappa shape index (κ2) is 11.3. The first-order valence-corrected chi connectivity index (χ1v) is 11.8. The van der Waals surface area contributed by atoms with Gasteiger partial charge in [0, 0.05) is 5.56 Å². The van der Waals surface area contributed by atoms with Crippen molar-refractivity contribution in [2.24, 2.45) is 0 Å². The lowest BCUT2D eigenvalue weighted by Crippen LogP contribution is -2.25. The molecule has 2 heterocycles. The van der Waals surface area contributed by atoms with E-state index in [1.807, 2.05) is 6.07 Å². The van der Waals surface area contributed by atoms with Crippen LogP contribution < -0.4 is 5.32 Å². The molecule has 1 atom stereocenters. The second-order valence-corrected chi connectivity index (χ2v) is 8.65. The maximum absolute atomic E-state index is 12.6. The van der Waals surface area contributed by atoms with Gasteiger partial charge < -0.3 is 28.8 Å². The molecule has 2 N–H and O–H groups in total. The fraction of sp³-hybridized carbons (Fsp3) is 0.400. The van der Waals surface area contributed by atoms with Crippen molar-refractivity contribution < 1.29 is 28.3 Å². The van der Waals surface area contributed by atoms with Crippen LogP contribution in [0.2, 0.25) is 0 Å². The van der Waals surface area contributed by atoms with Gasteiger partial charge in [-0.25, -0.2) is 15.0 Å². The van der Waals surface area contributed by atoms with E-state index in [9.17, 15) is 14.5 Å². The van der Waals surface area contributed by atoms with Crippen LogP contribution in [0.25, 0.3) is 11.2 Å². The molecular formula is C20H26N5O6P. The minimum atomic E-state index is -3.41. The molecule has 0 saturated heterocycles. The maximum Gasteiger partial charge on any atom is 0.356 e. The lowest BCUT2D eigenvalue weighted by atomic mass is 10.2. The molecular weight excluding hydrogens is 437 g/mol. The van der Waals surface area contributed by atoms with Crippen LogP contribution in [0.15, 0.2) is 43.0 Å². The summed E-state index contributed by atoms with van der Waals surface area (Å²) in [5.74, 6) is -0.0550. The van der Waals surface area contributed by atoms with Crippen LogP contribution in [0.5, 0.6) is 0 Å². The van der Waals surface area contributed by atoms with Crippen molar-refractivity contribution in [1.82, 2.24) is 19.5 Å². The van der Waals surface area contributed by atoms with Gasteiger partial charge in [-0.05, 0) is 26.0 Å². The summed E-state index contributed by atoms with van der Waals surface area (Å²) < 4.78 is 30.3. The molecule has 1 unspecified atom stereocenters. The summed E-state index contributed by atoms with van der Waals surface area (Å²) in [7, 11) is -3.41. The number of anilines is 1. The molecule has 2 aromatic heterocycles. The molecule has 0 aliphatic carbocycles. The molecule has 3 aromatic rings. The standard InChI is InChI=1S/C20H26N5O6P/c1-3-30-32(28,31-4-2)14-29-16(11-26)10-25-13-23-17-18(21-12-22-19(17)25)24-20(27)15-8-6-5-7-9-15/h5-9,12-13,16,26H,3-4,10-11,14H2,1-2H3,(H,21,22,24,27). The van der Waals surface area contributed by atoms with Crippen LogP contribution in [0.3, 0.4) is 0 Å². The van der Waals surface area contributed by atoms with Crippen LogP contribution in [-0.4, -0.2) is 62.8 Å². The number of imidazole rings is 1. The molecule has 12 heteroatoms. The van der Waals surface area contributed by atoms with Gasteiger partial charge in [-0.3, -0.25) is 9.36 Å². The molecule has 0 bridgehead atoms. The van der Waals surface area contributed by atoms with Crippen LogP contribution >= 0.6 is 7.60 Å². The average Bonchev–Trinajstić information content (AvgIpc) is 3.21. The van der Waals surface area contributed by atoms with Gasteiger partial charge in [0.1, 0.15) is 12.7 Å². The van der Waals surface area contributed by atoms with E-state index in [2.05, 4.69) is 20.3 Å². The van der Waals surface area contributed by atoms with Crippen molar-refractivity contribution in [3.8, 4) is 0 Å². The summed E-state index contributed by atoms with van der Waals surface area (Å²) in [6.07, 6.45) is 1.82. The van der Waals surface area contributed by atoms with Crippen molar-refractivity contribution in [3.05, 3.63) is 48.5 Å². The Kier molecular flexibility index (Phi) is 8.43. The van der Waals surface area contributed by atoms with E-state index in [0.717, 1.165) is 0 Å². The number of fused-ring (bicyclic) bond motifs is 1. The van der Waals surface area contributed by atoms with Gasteiger partial charge in [0.25, 0.3) is 5.91 Å². The number of ether oxygens (including phenoxy) is 1. The Hall–Kier alpha value is -2.69. The average molecular weight is 463 g/mol. The normalized spacial score (nSPS) is 12.7. The largest absolute Gasteiger partial charge is 0.394 e. The monoisotopic (exact) mass is 463 g/mol. The van der Waals surface area contributed by atoms with Crippen LogP contribution in [0, 0.1) is 0 Å². The molecule has 0 fully saturated rings. The molecule has 11 nitrogen and oxygen atoms in total. The van der Waals surface area contributed by atoms with Crippen molar-refractivity contribution >= 4 is 30.5 Å². The molecule has 3 rings (SSSR count). The summed E-state index contributed by atoms with van der Waals surface area (Å²) in [5.41, 5.74) is 1.33. The van der Waals surface area contributed by atoms with Crippen LogP contribution in [-0.2, 0) is 24.9 Å². The predicted octanol–water partition coefficient (Wildman–Crippen LogP) is 2.68. The molecule has 1 amide bonds. The Bertz CT molecular complexity index is 1070. The smallest absolute Gasteiger partial charge is 0.356 e. The topological polar surface area (TPSA) is 138 Å². The van der Waals surface area contributed by atoms with E-state index in [0.29, 0.717) is 16.7 Å². The second-order valence-electron chi connectivity index (χ2n) is 6.66. The molecule has 0 saturated carbocycles. The van der Waals surface area contributed by atoms with Crippen molar-refractivity contribution in [2.45, 2.75) is 26.5 Å². The van der Waals surface area contributed by atoms with Gasteiger partial charge in [-0.15, -0.1) is 0 Å². The summed E-state index contributed by atoms with van der Waals surface area (Å²) in [6, 6.07) is 8.74. The first-order chi connectivity index (χ1) is 15.5. The number of nitrogens with zero attached hydrogens (tertiary/aromatic N) is 4. The number of carbonyl (C=O) groups is 1. The fourth-order valence-electron chi connectivity index (χ4n) is 2.96. The van der Waals surface area contributed by atoms with Crippen molar-refractivity contribution in [2.75, 3.05) is 31.5 Å². The SMILES string of the molecule is CCOP(=O)(COC(CO)Cn1cnc2c(NC(=O)c3ccccc3)ncnc21)OCC. The zero-order valence-electron chi connectivity index (χ0n) is 17.9. The van der Waals surface area contributed by atoms with Gasteiger partial charge in [0.15, 0.2) is 17.0 Å². The number of carbonyl (C=O) groups excluding carboxylic acids is 1. The summed E-state index contributed by atoms with van der Waals surface area (Å²) in [6.45, 7) is 3.69. The van der Waals surface area contributed by atoms with Crippen LogP contribution in [0.4, 0.5) is 5.82 Å². The summed E-state index contributed by atoms with van der Waals surface area (Å²) in [5, 5.41) is 12.5. The quantitative estimate of drug-likeness (QED) is 0.388. The number of benzene rings is 1. The van der Waals surface area contributed by atoms with Crippen LogP contribution in [0.1, 0.15) is 24.2 Å². The number of nitrogens with one attached hydrogen (secondary N) is 1. The van der Waals surface area contributed by atoms with Crippen molar-refractivity contribution in [3.63, 3.8) is 0 Å². The highest BCUT2D eigenvalue weighted by Gasteiger charge is 2.26. The Morgan fingerprint density at radius 3 is 2.53 bits per heavy atom. The van der Waals surface area contributed by atoms with E-state index in [-0.39, 0.29) is 44.4 Å². The van der Waals surface area contributed by atoms with E-state index < -0.39 is 13.7 Å². The zero-order valence-corrected chi connectivity index (χ0v) is 18.8. The molecule has 172 valence electrons. The lowest BCUT2D eigenvalue weighted by Gasteiger charge is -2.21. The fourth-order valence-corrected chi connectivity index (χ4v) is 4.36. The van der Waals surface area contributed by atoms with Gasteiger partial charge >= 0.3 is 7.60 Å². The third-order valence-electron chi connectivity index (χ3n) is 4.39. The predicted molar refractivity (Wildman–Crippen MR) is 117 cm³/mol. The van der Waals surface area contributed by atoms with Gasteiger partial charge in [-0.2, -0.15) is 0 Å². The van der Waals surface area contributed by atoms with E-state index in [1.54, 1.807) is 42.7 Å². The van der Waals surface area contributed by atoms with E-state index in [1.165, 1.54) is 12.7 Å². The number of amides is 1. The molecule has 0 spiro atoms. The molecule has 32 heavy (non-hydrogen) atoms. The Morgan fingerprint density at radius 1 is 1.16 bits per heavy atom. The highest BCUT2D eigenvalue weighted by molar-refractivity contribution is 7.53. The Labute approximate surface area is 185 Å². The van der Waals surface area contributed by atoms with Gasteiger partial charge in [-0.1, -0.05) is 18.2 Å². The lowest BCUT2D eigenvalue weighted by molar-refractivity contribution is 0.0161. The number of rotatable bonds is 12. The molecule has 0 aliphatic rings. The highest BCUT2D eigenvalue weighted by Crippen LogP contribution is 2.48. The third-order valence-corrected chi connectivity index (χ3v) is 6.16. The third kappa shape index (κ3) is 5.96. The summed E-state index contributed by atoms with van der Waals surface area (Å²) >= 11 is 0. The molecule has 0 radical (unpaired) electrons. The number of aliphatic hydroxyl groups excluding tert-OH is 1. The molecule has 1 aromatic carbocycles. The zero-order chi connectivity index (χ0) is 23.0. The first-order valence-electron chi connectivity index (χ1n) is 10.1. The molecule has 0 aliphatic heterocycles. The summed E-state index contributed by atoms with van der Waals surface area (Å²) in [4.78, 5) is 25.1. The number of hydrogen-bond acceptors (Lipinski definition) is 9.